The van der Waals surface area contributed by atoms with Gasteiger partial charge in [-0.2, -0.15) is 5.26 Å². The van der Waals surface area contributed by atoms with Gasteiger partial charge in [-0.15, -0.1) is 5.10 Å². The highest BCUT2D eigenvalue weighted by Crippen LogP contribution is 2.40. The van der Waals surface area contributed by atoms with Gasteiger partial charge in [-0.05, 0) is 36.1 Å². The fourth-order valence-electron chi connectivity index (χ4n) is 2.51. The molecule has 1 aromatic heterocycles. The molecule has 2 aliphatic rings. The summed E-state index contributed by atoms with van der Waals surface area (Å²) in [5.41, 5.74) is 0. The lowest BCUT2D eigenvalue weighted by Crippen LogP contribution is -2.15. The molecule has 2 aliphatic carbocycles. The van der Waals surface area contributed by atoms with E-state index in [0.717, 1.165) is 18.0 Å². The highest BCUT2D eigenvalue weighted by Gasteiger charge is 2.31. The second-order valence-electron chi connectivity index (χ2n) is 5.17. The monoisotopic (exact) mass is 263 g/mol. The highest BCUT2D eigenvalue weighted by atomic mass is 32.2. The first-order valence-electron chi connectivity index (χ1n) is 6.72. The van der Waals surface area contributed by atoms with Gasteiger partial charge in [-0.1, -0.05) is 31.0 Å². The van der Waals surface area contributed by atoms with E-state index in [-0.39, 0.29) is 5.92 Å². The normalized spacial score (nSPS) is 28.6. The van der Waals surface area contributed by atoms with Gasteiger partial charge in [-0.25, -0.2) is 4.68 Å². The molecule has 3 rings (SSSR count). The standard InChI is InChI=1S/C12H17N5S/c13-8-9-4-2-1-3-5-11(9)18-12-14-15-16-17(12)10-6-7-10/h9-11H,1-7H2. The van der Waals surface area contributed by atoms with Crippen molar-refractivity contribution < 1.29 is 0 Å². The van der Waals surface area contributed by atoms with Crippen LogP contribution in [0.4, 0.5) is 0 Å². The summed E-state index contributed by atoms with van der Waals surface area (Å²) in [6, 6.07) is 2.98. The zero-order chi connectivity index (χ0) is 12.4. The van der Waals surface area contributed by atoms with Crippen LogP contribution in [0.3, 0.4) is 0 Å². The van der Waals surface area contributed by atoms with Crippen LogP contribution in [-0.2, 0) is 0 Å². The van der Waals surface area contributed by atoms with Crippen LogP contribution in [0.15, 0.2) is 5.16 Å². The van der Waals surface area contributed by atoms with Crippen molar-refractivity contribution in [1.82, 2.24) is 20.2 Å². The summed E-state index contributed by atoms with van der Waals surface area (Å²) >= 11 is 1.72. The van der Waals surface area contributed by atoms with E-state index in [2.05, 4.69) is 21.6 Å². The van der Waals surface area contributed by atoms with Gasteiger partial charge in [0.2, 0.25) is 5.16 Å². The van der Waals surface area contributed by atoms with Crippen LogP contribution < -0.4 is 0 Å². The minimum absolute atomic E-state index is 0.154. The van der Waals surface area contributed by atoms with Gasteiger partial charge in [0, 0.05) is 5.25 Å². The van der Waals surface area contributed by atoms with Crippen LogP contribution in [0, 0.1) is 17.2 Å². The van der Waals surface area contributed by atoms with Gasteiger partial charge in [0.25, 0.3) is 0 Å². The second kappa shape index (κ2) is 5.27. The Bertz CT molecular complexity index is 448. The molecule has 1 heterocycles. The van der Waals surface area contributed by atoms with Crippen molar-refractivity contribution in [2.24, 2.45) is 5.92 Å². The van der Waals surface area contributed by atoms with E-state index in [0.29, 0.717) is 11.3 Å². The number of nitriles is 1. The van der Waals surface area contributed by atoms with Gasteiger partial charge < -0.3 is 0 Å². The first-order chi connectivity index (χ1) is 8.88. The zero-order valence-corrected chi connectivity index (χ0v) is 11.1. The second-order valence-corrected chi connectivity index (χ2v) is 6.37. The maximum atomic E-state index is 9.28. The molecular weight excluding hydrogens is 246 g/mol. The Morgan fingerprint density at radius 2 is 2.00 bits per heavy atom. The third-order valence-electron chi connectivity index (χ3n) is 3.73. The maximum Gasteiger partial charge on any atom is 0.209 e. The SMILES string of the molecule is N#CC1CCCCCC1Sc1nnnn1C1CC1. The topological polar surface area (TPSA) is 67.4 Å². The molecule has 2 fully saturated rings. The summed E-state index contributed by atoms with van der Waals surface area (Å²) in [5, 5.41) is 22.5. The summed E-state index contributed by atoms with van der Waals surface area (Å²) < 4.78 is 1.95. The van der Waals surface area contributed by atoms with Crippen LogP contribution >= 0.6 is 11.8 Å². The number of thioether (sulfide) groups is 1. The third kappa shape index (κ3) is 2.51. The average molecular weight is 263 g/mol. The molecule has 96 valence electrons. The van der Waals surface area contributed by atoms with Crippen molar-refractivity contribution in [2.45, 2.75) is 61.4 Å². The van der Waals surface area contributed by atoms with Gasteiger partial charge in [-0.3, -0.25) is 0 Å². The molecule has 5 nitrogen and oxygen atoms in total. The minimum Gasteiger partial charge on any atom is -0.217 e. The van der Waals surface area contributed by atoms with Gasteiger partial charge in [0.05, 0.1) is 18.0 Å². The lowest BCUT2D eigenvalue weighted by atomic mass is 10.0. The summed E-state index contributed by atoms with van der Waals surface area (Å²) in [7, 11) is 0. The lowest BCUT2D eigenvalue weighted by Gasteiger charge is -2.17. The molecule has 1 aromatic rings. The Morgan fingerprint density at radius 1 is 1.17 bits per heavy atom. The fourth-order valence-corrected chi connectivity index (χ4v) is 3.80. The van der Waals surface area contributed by atoms with E-state index in [1.165, 1.54) is 32.1 Å². The highest BCUT2D eigenvalue weighted by molar-refractivity contribution is 7.99. The number of aromatic nitrogens is 4. The maximum absolute atomic E-state index is 9.28. The van der Waals surface area contributed by atoms with E-state index in [1.54, 1.807) is 11.8 Å². The third-order valence-corrected chi connectivity index (χ3v) is 5.08. The minimum atomic E-state index is 0.154. The molecule has 2 unspecified atom stereocenters. The molecule has 18 heavy (non-hydrogen) atoms. The Hall–Kier alpha value is -1.09. The molecule has 0 aliphatic heterocycles. The average Bonchev–Trinajstić information content (AvgIpc) is 3.16. The van der Waals surface area contributed by atoms with Crippen LogP contribution in [0.25, 0.3) is 0 Å². The number of rotatable bonds is 3. The van der Waals surface area contributed by atoms with Crippen molar-refractivity contribution in [3.05, 3.63) is 0 Å². The van der Waals surface area contributed by atoms with E-state index in [1.807, 2.05) is 4.68 Å². The van der Waals surface area contributed by atoms with Crippen LogP contribution in [0.2, 0.25) is 0 Å². The molecule has 0 bridgehead atoms. The van der Waals surface area contributed by atoms with Gasteiger partial charge in [0.1, 0.15) is 0 Å². The van der Waals surface area contributed by atoms with Crippen molar-refractivity contribution >= 4 is 11.8 Å². The summed E-state index contributed by atoms with van der Waals surface area (Å²) in [4.78, 5) is 0. The van der Waals surface area contributed by atoms with Crippen LogP contribution in [-0.4, -0.2) is 25.5 Å². The predicted octanol–water partition coefficient (Wildman–Crippen LogP) is 2.57. The largest absolute Gasteiger partial charge is 0.217 e. The first-order valence-corrected chi connectivity index (χ1v) is 7.60. The Morgan fingerprint density at radius 3 is 2.78 bits per heavy atom. The Kier molecular flexibility index (Phi) is 3.50. The molecule has 2 saturated carbocycles. The van der Waals surface area contributed by atoms with Gasteiger partial charge >= 0.3 is 0 Å². The van der Waals surface area contributed by atoms with Crippen molar-refractivity contribution in [3.8, 4) is 6.07 Å². The number of nitrogens with zero attached hydrogens (tertiary/aromatic N) is 5. The predicted molar refractivity (Wildman–Crippen MR) is 67.9 cm³/mol. The molecule has 0 spiro atoms. The fraction of sp³-hybridized carbons (Fsp3) is 0.833. The Balaban J connectivity index is 1.73. The van der Waals surface area contributed by atoms with Crippen LogP contribution in [0.1, 0.15) is 51.0 Å². The zero-order valence-electron chi connectivity index (χ0n) is 10.3. The summed E-state index contributed by atoms with van der Waals surface area (Å²) in [6.07, 6.45) is 8.17. The molecule has 0 aromatic carbocycles. The molecule has 0 saturated heterocycles. The van der Waals surface area contributed by atoms with E-state index in [4.69, 9.17) is 0 Å². The van der Waals surface area contributed by atoms with E-state index in [9.17, 15) is 5.26 Å². The van der Waals surface area contributed by atoms with E-state index < -0.39 is 0 Å². The number of tetrazole rings is 1. The first kappa shape index (κ1) is 12.0. The van der Waals surface area contributed by atoms with Crippen LogP contribution in [0.5, 0.6) is 0 Å². The van der Waals surface area contributed by atoms with Crippen molar-refractivity contribution in [1.29, 1.82) is 5.26 Å². The molecule has 6 heteroatoms. The lowest BCUT2D eigenvalue weighted by molar-refractivity contribution is 0.555. The Labute approximate surface area is 111 Å². The molecule has 2 atom stereocenters. The van der Waals surface area contributed by atoms with Crippen molar-refractivity contribution in [2.75, 3.05) is 0 Å². The number of hydrogen-bond donors (Lipinski definition) is 0. The summed E-state index contributed by atoms with van der Waals surface area (Å²) in [5.74, 6) is 0.154. The van der Waals surface area contributed by atoms with Gasteiger partial charge in [0.15, 0.2) is 0 Å². The summed E-state index contributed by atoms with van der Waals surface area (Å²) in [6.45, 7) is 0. The molecule has 0 N–H and O–H groups in total. The van der Waals surface area contributed by atoms with E-state index >= 15 is 0 Å². The molecular formula is C12H17N5S. The van der Waals surface area contributed by atoms with Crippen molar-refractivity contribution in [3.63, 3.8) is 0 Å². The molecule has 0 amide bonds. The smallest absolute Gasteiger partial charge is 0.209 e. The number of hydrogen-bond acceptors (Lipinski definition) is 5. The quantitative estimate of drug-likeness (QED) is 0.784. The molecule has 0 radical (unpaired) electrons.